The van der Waals surface area contributed by atoms with Gasteiger partial charge in [0.2, 0.25) is 0 Å². The minimum absolute atomic E-state index is 0.319. The van der Waals surface area contributed by atoms with Gasteiger partial charge in [-0.05, 0) is 35.7 Å². The summed E-state index contributed by atoms with van der Waals surface area (Å²) in [6.07, 6.45) is 1.60. The van der Waals surface area contributed by atoms with Crippen molar-refractivity contribution < 1.29 is 4.79 Å². The highest BCUT2D eigenvalue weighted by atomic mass is 35.5. The number of nitrogen functional groups attached to an aromatic ring is 1. The van der Waals surface area contributed by atoms with Crippen molar-refractivity contribution in [1.29, 1.82) is 0 Å². The standard InChI is InChI=1S/C16H12ClN3O/c17-13-3-1-2-4-14(13)20-16(21)15-12-9-11(18)6-5-10(12)7-8-19-15/h1-9H,18H2,(H,20,21). The smallest absolute Gasteiger partial charge is 0.274 e. The lowest BCUT2D eigenvalue weighted by Crippen LogP contribution is -2.14. The van der Waals surface area contributed by atoms with Crippen LogP contribution >= 0.6 is 11.6 Å². The Morgan fingerprint density at radius 3 is 2.76 bits per heavy atom. The van der Waals surface area contributed by atoms with Crippen LogP contribution in [0, 0.1) is 0 Å². The number of aromatic nitrogens is 1. The summed E-state index contributed by atoms with van der Waals surface area (Å²) in [6.45, 7) is 0. The fraction of sp³-hybridized carbons (Fsp3) is 0. The quantitative estimate of drug-likeness (QED) is 0.708. The molecule has 0 aliphatic rings. The molecule has 0 aliphatic carbocycles. The van der Waals surface area contributed by atoms with Gasteiger partial charge in [-0.1, -0.05) is 29.8 Å². The minimum atomic E-state index is -0.320. The van der Waals surface area contributed by atoms with Crippen LogP contribution in [0.2, 0.25) is 5.02 Å². The van der Waals surface area contributed by atoms with E-state index in [2.05, 4.69) is 10.3 Å². The molecule has 5 heteroatoms. The number of para-hydroxylation sites is 1. The molecule has 1 aromatic heterocycles. The van der Waals surface area contributed by atoms with E-state index < -0.39 is 0 Å². The van der Waals surface area contributed by atoms with Gasteiger partial charge in [0.15, 0.2) is 0 Å². The Balaban J connectivity index is 2.02. The number of nitrogens with zero attached hydrogens (tertiary/aromatic N) is 1. The maximum atomic E-state index is 12.4. The Kier molecular flexibility index (Phi) is 3.46. The van der Waals surface area contributed by atoms with Crippen LogP contribution in [-0.4, -0.2) is 10.9 Å². The average molecular weight is 298 g/mol. The third kappa shape index (κ3) is 2.66. The van der Waals surface area contributed by atoms with Crippen LogP contribution < -0.4 is 11.1 Å². The highest BCUT2D eigenvalue weighted by molar-refractivity contribution is 6.34. The second-order valence-corrected chi connectivity index (χ2v) is 4.98. The largest absolute Gasteiger partial charge is 0.399 e. The number of carbonyl (C=O) groups excluding carboxylic acids is 1. The fourth-order valence-corrected chi connectivity index (χ4v) is 2.29. The molecule has 3 aromatic rings. The van der Waals surface area contributed by atoms with Gasteiger partial charge < -0.3 is 11.1 Å². The van der Waals surface area contributed by atoms with E-state index in [0.717, 1.165) is 5.39 Å². The molecule has 0 saturated heterocycles. The van der Waals surface area contributed by atoms with Gasteiger partial charge >= 0.3 is 0 Å². The number of anilines is 2. The fourth-order valence-electron chi connectivity index (χ4n) is 2.11. The van der Waals surface area contributed by atoms with Crippen molar-refractivity contribution >= 4 is 39.7 Å². The molecular formula is C16H12ClN3O. The predicted molar refractivity (Wildman–Crippen MR) is 85.6 cm³/mol. The molecule has 104 valence electrons. The molecule has 1 heterocycles. The predicted octanol–water partition coefficient (Wildman–Crippen LogP) is 3.72. The lowest BCUT2D eigenvalue weighted by Gasteiger charge is -2.09. The number of carbonyl (C=O) groups is 1. The summed E-state index contributed by atoms with van der Waals surface area (Å²) in [6, 6.07) is 14.3. The first-order chi connectivity index (χ1) is 10.1. The molecule has 1 amide bonds. The molecule has 0 unspecified atom stereocenters. The van der Waals surface area contributed by atoms with Crippen molar-refractivity contribution in [1.82, 2.24) is 4.98 Å². The monoisotopic (exact) mass is 297 g/mol. The van der Waals surface area contributed by atoms with E-state index in [1.54, 1.807) is 42.6 Å². The Bertz CT molecular complexity index is 833. The number of hydrogen-bond acceptors (Lipinski definition) is 3. The number of pyridine rings is 1. The molecule has 2 aromatic carbocycles. The summed E-state index contributed by atoms with van der Waals surface area (Å²) in [5.74, 6) is -0.320. The zero-order valence-electron chi connectivity index (χ0n) is 11.0. The summed E-state index contributed by atoms with van der Waals surface area (Å²) >= 11 is 6.04. The van der Waals surface area contributed by atoms with Crippen LogP contribution in [0.5, 0.6) is 0 Å². The van der Waals surface area contributed by atoms with Crippen molar-refractivity contribution in [2.75, 3.05) is 11.1 Å². The van der Waals surface area contributed by atoms with E-state index in [4.69, 9.17) is 17.3 Å². The number of amides is 1. The van der Waals surface area contributed by atoms with E-state index in [9.17, 15) is 4.79 Å². The summed E-state index contributed by atoms with van der Waals surface area (Å²) in [5.41, 5.74) is 7.24. The summed E-state index contributed by atoms with van der Waals surface area (Å²) in [5, 5.41) is 4.86. The molecule has 4 nitrogen and oxygen atoms in total. The Morgan fingerprint density at radius 2 is 1.95 bits per heavy atom. The third-order valence-electron chi connectivity index (χ3n) is 3.13. The maximum absolute atomic E-state index is 12.4. The van der Waals surface area contributed by atoms with Crippen molar-refractivity contribution in [2.24, 2.45) is 0 Å². The van der Waals surface area contributed by atoms with Crippen LogP contribution in [0.1, 0.15) is 10.5 Å². The van der Waals surface area contributed by atoms with E-state index in [1.165, 1.54) is 0 Å². The molecule has 0 fully saturated rings. The van der Waals surface area contributed by atoms with E-state index in [-0.39, 0.29) is 5.91 Å². The molecule has 0 aliphatic heterocycles. The van der Waals surface area contributed by atoms with Gasteiger partial charge in [-0.25, -0.2) is 0 Å². The van der Waals surface area contributed by atoms with Gasteiger partial charge in [-0.2, -0.15) is 0 Å². The molecule has 3 N–H and O–H groups in total. The van der Waals surface area contributed by atoms with E-state index in [1.807, 2.05) is 12.1 Å². The lowest BCUT2D eigenvalue weighted by molar-refractivity contribution is 0.102. The van der Waals surface area contributed by atoms with Crippen molar-refractivity contribution in [3.05, 3.63) is 65.4 Å². The number of nitrogens with two attached hydrogens (primary N) is 1. The molecule has 0 spiro atoms. The van der Waals surface area contributed by atoms with E-state index >= 15 is 0 Å². The Labute approximate surface area is 126 Å². The zero-order chi connectivity index (χ0) is 14.8. The Morgan fingerprint density at radius 1 is 1.14 bits per heavy atom. The number of nitrogens with one attached hydrogen (secondary N) is 1. The number of halogens is 1. The highest BCUT2D eigenvalue weighted by Gasteiger charge is 2.13. The van der Waals surface area contributed by atoms with Crippen LogP contribution in [0.15, 0.2) is 54.7 Å². The molecule has 3 rings (SSSR count). The van der Waals surface area contributed by atoms with Gasteiger partial charge in [0.25, 0.3) is 5.91 Å². The second-order valence-electron chi connectivity index (χ2n) is 4.57. The molecule has 0 saturated carbocycles. The summed E-state index contributed by atoms with van der Waals surface area (Å²) in [4.78, 5) is 16.6. The second kappa shape index (κ2) is 5.42. The zero-order valence-corrected chi connectivity index (χ0v) is 11.8. The summed E-state index contributed by atoms with van der Waals surface area (Å²) in [7, 11) is 0. The first-order valence-corrected chi connectivity index (χ1v) is 6.73. The topological polar surface area (TPSA) is 68.0 Å². The average Bonchev–Trinajstić information content (AvgIpc) is 2.49. The van der Waals surface area contributed by atoms with Crippen LogP contribution in [0.3, 0.4) is 0 Å². The first-order valence-electron chi connectivity index (χ1n) is 6.35. The summed E-state index contributed by atoms with van der Waals surface area (Å²) < 4.78 is 0. The number of rotatable bonds is 2. The number of benzene rings is 2. The van der Waals surface area contributed by atoms with E-state index in [0.29, 0.717) is 27.5 Å². The molecule has 21 heavy (non-hydrogen) atoms. The van der Waals surface area contributed by atoms with Gasteiger partial charge in [0, 0.05) is 17.3 Å². The molecule has 0 atom stereocenters. The van der Waals surface area contributed by atoms with Gasteiger partial charge in [-0.3, -0.25) is 9.78 Å². The SMILES string of the molecule is Nc1ccc2ccnc(C(=O)Nc3ccccc3Cl)c2c1. The lowest BCUT2D eigenvalue weighted by atomic mass is 10.1. The molecular weight excluding hydrogens is 286 g/mol. The van der Waals surface area contributed by atoms with Gasteiger partial charge in [0.1, 0.15) is 5.69 Å². The first kappa shape index (κ1) is 13.4. The molecule has 0 bridgehead atoms. The van der Waals surface area contributed by atoms with Crippen LogP contribution in [-0.2, 0) is 0 Å². The number of hydrogen-bond donors (Lipinski definition) is 2. The van der Waals surface area contributed by atoms with Crippen molar-refractivity contribution in [3.63, 3.8) is 0 Å². The highest BCUT2D eigenvalue weighted by Crippen LogP contribution is 2.24. The van der Waals surface area contributed by atoms with Crippen molar-refractivity contribution in [3.8, 4) is 0 Å². The van der Waals surface area contributed by atoms with Crippen LogP contribution in [0.4, 0.5) is 11.4 Å². The van der Waals surface area contributed by atoms with Crippen LogP contribution in [0.25, 0.3) is 10.8 Å². The third-order valence-corrected chi connectivity index (χ3v) is 3.46. The maximum Gasteiger partial charge on any atom is 0.274 e. The van der Waals surface area contributed by atoms with Crippen molar-refractivity contribution in [2.45, 2.75) is 0 Å². The Hall–Kier alpha value is -2.59. The molecule has 0 radical (unpaired) electrons. The van der Waals surface area contributed by atoms with Gasteiger partial charge in [-0.15, -0.1) is 0 Å². The normalized spacial score (nSPS) is 10.5. The number of fused-ring (bicyclic) bond motifs is 1. The minimum Gasteiger partial charge on any atom is -0.399 e. The van der Waals surface area contributed by atoms with Gasteiger partial charge in [0.05, 0.1) is 10.7 Å².